The number of rotatable bonds is 5. The van der Waals surface area contributed by atoms with Crippen molar-refractivity contribution in [3.63, 3.8) is 0 Å². The molecule has 1 aromatic rings. The molecule has 0 fully saturated rings. The maximum atomic E-state index is 12.9. The molecule has 1 unspecified atom stereocenters. The number of amides is 1. The molecule has 126 valence electrons. The van der Waals surface area contributed by atoms with Gasteiger partial charge in [0.1, 0.15) is 0 Å². The van der Waals surface area contributed by atoms with Crippen LogP contribution in [0.4, 0.5) is 13.2 Å². The van der Waals surface area contributed by atoms with E-state index >= 15 is 0 Å². The highest BCUT2D eigenvalue weighted by Gasteiger charge is 2.34. The van der Waals surface area contributed by atoms with Crippen LogP contribution in [0.25, 0.3) is 0 Å². The largest absolute Gasteiger partial charge is 0.416 e. The lowest BCUT2D eigenvalue weighted by Crippen LogP contribution is -2.51. The smallest absolute Gasteiger partial charge is 0.350 e. The van der Waals surface area contributed by atoms with Crippen molar-refractivity contribution in [1.29, 1.82) is 0 Å². The fraction of sp³-hybridized carbons (Fsp3) is 0.500. The third kappa shape index (κ3) is 5.78. The monoisotopic (exact) mass is 402 g/mol. The van der Waals surface area contributed by atoms with E-state index in [0.717, 1.165) is 6.07 Å². The van der Waals surface area contributed by atoms with Gasteiger partial charge in [-0.25, -0.2) is 0 Å². The molecular weight excluding hydrogens is 385 g/mol. The van der Waals surface area contributed by atoms with Crippen LogP contribution in [-0.4, -0.2) is 11.4 Å². The first-order valence-corrected chi connectivity index (χ1v) is 7.30. The Hall–Kier alpha value is -0.790. The summed E-state index contributed by atoms with van der Waals surface area (Å²) in [7, 11) is 0. The minimum Gasteiger partial charge on any atom is -0.350 e. The maximum Gasteiger partial charge on any atom is 0.416 e. The zero-order chi connectivity index (χ0) is 16.3. The van der Waals surface area contributed by atoms with Crippen LogP contribution < -0.4 is 11.1 Å². The van der Waals surface area contributed by atoms with Gasteiger partial charge in [0.15, 0.2) is 0 Å². The molecule has 0 saturated heterocycles. The molecule has 3 nitrogen and oxygen atoms in total. The highest BCUT2D eigenvalue weighted by atomic mass is 79.9. The molecule has 0 aliphatic heterocycles. The van der Waals surface area contributed by atoms with Crippen molar-refractivity contribution in [2.75, 3.05) is 0 Å². The molecule has 0 aliphatic rings. The van der Waals surface area contributed by atoms with Crippen LogP contribution in [0.2, 0.25) is 0 Å². The summed E-state index contributed by atoms with van der Waals surface area (Å²) in [5.74, 6) is -0.458. The van der Waals surface area contributed by atoms with Gasteiger partial charge < -0.3 is 11.1 Å². The number of nitrogens with one attached hydrogen (secondary N) is 1. The van der Waals surface area contributed by atoms with E-state index in [1.54, 1.807) is 6.92 Å². The van der Waals surface area contributed by atoms with Gasteiger partial charge >= 0.3 is 6.18 Å². The average Bonchev–Trinajstić information content (AvgIpc) is 2.35. The van der Waals surface area contributed by atoms with Gasteiger partial charge in [0.05, 0.1) is 11.1 Å². The maximum absolute atomic E-state index is 12.9. The topological polar surface area (TPSA) is 55.1 Å². The van der Waals surface area contributed by atoms with Crippen LogP contribution in [0.1, 0.15) is 37.8 Å². The van der Waals surface area contributed by atoms with Crippen molar-refractivity contribution in [2.45, 2.75) is 44.9 Å². The van der Waals surface area contributed by atoms with E-state index in [2.05, 4.69) is 21.2 Å². The highest BCUT2D eigenvalue weighted by Crippen LogP contribution is 2.33. The molecule has 0 radical (unpaired) electrons. The number of alkyl halides is 3. The van der Waals surface area contributed by atoms with Gasteiger partial charge in [-0.1, -0.05) is 35.3 Å². The molecule has 1 aromatic carbocycles. The summed E-state index contributed by atoms with van der Waals surface area (Å²) in [6, 6.07) is 3.83. The molecule has 1 rings (SSSR count). The number of halogens is 5. The number of benzene rings is 1. The lowest BCUT2D eigenvalue weighted by Gasteiger charge is -2.23. The second-order valence-electron chi connectivity index (χ2n) is 5.15. The molecular formula is C14H19BrClF3N2O. The summed E-state index contributed by atoms with van der Waals surface area (Å²) in [5.41, 5.74) is 3.99. The summed E-state index contributed by atoms with van der Waals surface area (Å²) in [6.45, 7) is 3.24. The normalized spacial score (nSPS) is 14.0. The Bertz CT molecular complexity index is 521. The molecule has 0 spiro atoms. The Morgan fingerprint density at radius 3 is 2.45 bits per heavy atom. The molecule has 0 aliphatic carbocycles. The Morgan fingerprint density at radius 2 is 1.95 bits per heavy atom. The summed E-state index contributed by atoms with van der Waals surface area (Å²) in [6.07, 6.45) is -3.29. The van der Waals surface area contributed by atoms with Gasteiger partial charge in [-0.15, -0.1) is 12.4 Å². The molecule has 0 saturated carbocycles. The van der Waals surface area contributed by atoms with Gasteiger partial charge in [-0.05, 0) is 31.0 Å². The van der Waals surface area contributed by atoms with Crippen molar-refractivity contribution >= 4 is 34.2 Å². The van der Waals surface area contributed by atoms with Crippen LogP contribution in [0.3, 0.4) is 0 Å². The predicted octanol–water partition coefficient (Wildman–Crippen LogP) is 4.02. The predicted molar refractivity (Wildman–Crippen MR) is 85.7 cm³/mol. The second-order valence-corrected chi connectivity index (χ2v) is 6.07. The minimum atomic E-state index is -4.47. The zero-order valence-corrected chi connectivity index (χ0v) is 14.7. The number of carbonyl (C=O) groups excluding carboxylic acids is 1. The molecule has 0 heterocycles. The minimum absolute atomic E-state index is 0. The van der Waals surface area contributed by atoms with Gasteiger partial charge in [-0.3, -0.25) is 4.79 Å². The third-order valence-electron chi connectivity index (χ3n) is 3.10. The molecule has 22 heavy (non-hydrogen) atoms. The van der Waals surface area contributed by atoms with Crippen molar-refractivity contribution in [3.05, 3.63) is 33.8 Å². The Labute approximate surface area is 142 Å². The summed E-state index contributed by atoms with van der Waals surface area (Å²) in [5, 5.41) is 2.48. The van der Waals surface area contributed by atoms with E-state index < -0.39 is 23.2 Å². The summed E-state index contributed by atoms with van der Waals surface area (Å²) >= 11 is 3.01. The molecule has 0 bridgehead atoms. The van der Waals surface area contributed by atoms with E-state index in [0.29, 0.717) is 17.3 Å². The van der Waals surface area contributed by atoms with E-state index in [-0.39, 0.29) is 24.5 Å². The quantitative estimate of drug-likeness (QED) is 0.780. The van der Waals surface area contributed by atoms with Crippen molar-refractivity contribution in [2.24, 2.45) is 5.73 Å². The first-order chi connectivity index (χ1) is 9.58. The lowest BCUT2D eigenvalue weighted by molar-refractivity contribution is -0.138. The molecule has 3 N–H and O–H groups in total. The second kappa shape index (κ2) is 8.17. The number of carbonyl (C=O) groups is 1. The highest BCUT2D eigenvalue weighted by molar-refractivity contribution is 9.10. The van der Waals surface area contributed by atoms with Crippen LogP contribution in [0.15, 0.2) is 22.7 Å². The van der Waals surface area contributed by atoms with E-state index in [1.807, 2.05) is 6.92 Å². The van der Waals surface area contributed by atoms with E-state index in [9.17, 15) is 18.0 Å². The molecule has 0 aromatic heterocycles. The Kier molecular flexibility index (Phi) is 7.88. The number of hydrogen-bond acceptors (Lipinski definition) is 2. The SMILES string of the molecule is CCCC(C)(N)C(=O)NCc1ccc(Br)cc1C(F)(F)F.Cl. The zero-order valence-electron chi connectivity index (χ0n) is 12.3. The number of nitrogens with two attached hydrogens (primary N) is 1. The first kappa shape index (κ1) is 21.2. The van der Waals surface area contributed by atoms with Gasteiger partial charge in [0, 0.05) is 11.0 Å². The molecule has 1 atom stereocenters. The van der Waals surface area contributed by atoms with Crippen LogP contribution in [0.5, 0.6) is 0 Å². The standard InChI is InChI=1S/C14H18BrF3N2O.ClH/c1-3-6-13(2,19)12(21)20-8-9-4-5-10(15)7-11(9)14(16,17)18;/h4-5,7H,3,6,8,19H2,1-2H3,(H,20,21);1H. The van der Waals surface area contributed by atoms with Gasteiger partial charge in [0.2, 0.25) is 5.91 Å². The first-order valence-electron chi connectivity index (χ1n) is 6.50. The lowest BCUT2D eigenvalue weighted by atomic mass is 9.96. The van der Waals surface area contributed by atoms with Crippen LogP contribution in [0, 0.1) is 0 Å². The van der Waals surface area contributed by atoms with Crippen molar-refractivity contribution in [1.82, 2.24) is 5.32 Å². The third-order valence-corrected chi connectivity index (χ3v) is 3.60. The molecule has 8 heteroatoms. The molecule has 1 amide bonds. The Balaban J connectivity index is 0.00000441. The fourth-order valence-electron chi connectivity index (χ4n) is 1.98. The van der Waals surface area contributed by atoms with Crippen LogP contribution in [-0.2, 0) is 17.5 Å². The van der Waals surface area contributed by atoms with Crippen LogP contribution >= 0.6 is 28.3 Å². The van der Waals surface area contributed by atoms with Gasteiger partial charge in [-0.2, -0.15) is 13.2 Å². The fourth-order valence-corrected chi connectivity index (χ4v) is 2.34. The van der Waals surface area contributed by atoms with Crippen molar-refractivity contribution < 1.29 is 18.0 Å². The summed E-state index contributed by atoms with van der Waals surface area (Å²) < 4.78 is 39.2. The number of hydrogen-bond donors (Lipinski definition) is 2. The Morgan fingerprint density at radius 1 is 1.36 bits per heavy atom. The average molecular weight is 404 g/mol. The summed E-state index contributed by atoms with van der Waals surface area (Å²) in [4.78, 5) is 11.9. The van der Waals surface area contributed by atoms with E-state index in [4.69, 9.17) is 5.73 Å². The van der Waals surface area contributed by atoms with Crippen molar-refractivity contribution in [3.8, 4) is 0 Å². The van der Waals surface area contributed by atoms with Gasteiger partial charge in [0.25, 0.3) is 0 Å². The van der Waals surface area contributed by atoms with E-state index in [1.165, 1.54) is 12.1 Å².